The molecule has 5 rings (SSSR count). The molecular weight excluding hydrogens is 334 g/mol. The number of hydrogen-bond donors (Lipinski definition) is 0. The predicted molar refractivity (Wildman–Crippen MR) is 108 cm³/mol. The van der Waals surface area contributed by atoms with Crippen molar-refractivity contribution in [3.8, 4) is 22.7 Å². The van der Waals surface area contributed by atoms with E-state index in [0.29, 0.717) is 0 Å². The lowest BCUT2D eigenvalue weighted by molar-refractivity contribution is 0.414. The predicted octanol–water partition coefficient (Wildman–Crippen LogP) is 5.25. The van der Waals surface area contributed by atoms with Crippen LogP contribution >= 0.6 is 0 Å². The number of hydrogen-bond acceptors (Lipinski definition) is 3. The Morgan fingerprint density at radius 2 is 1.56 bits per heavy atom. The van der Waals surface area contributed by atoms with E-state index in [1.54, 1.807) is 7.11 Å². The second-order valence-corrected chi connectivity index (χ2v) is 6.38. The third-order valence-electron chi connectivity index (χ3n) is 4.72. The molecule has 2 aromatic heterocycles. The summed E-state index contributed by atoms with van der Waals surface area (Å²) in [5.74, 6) is 0.817. The van der Waals surface area contributed by atoms with Crippen LogP contribution in [0.4, 0.5) is 0 Å². The van der Waals surface area contributed by atoms with Gasteiger partial charge in [0.25, 0.3) is 0 Å². The highest BCUT2D eigenvalue weighted by molar-refractivity contribution is 5.99. The number of fused-ring (bicyclic) bond motifs is 2. The Bertz CT molecular complexity index is 1240. The molecule has 5 aromatic rings. The lowest BCUT2D eigenvalue weighted by atomic mass is 10.1. The van der Waals surface area contributed by atoms with Crippen molar-refractivity contribution in [1.82, 2.24) is 14.8 Å². The van der Waals surface area contributed by atoms with Gasteiger partial charge in [0.15, 0.2) is 5.65 Å². The van der Waals surface area contributed by atoms with Crippen LogP contribution in [0.3, 0.4) is 0 Å². The van der Waals surface area contributed by atoms with Crippen molar-refractivity contribution in [3.63, 3.8) is 0 Å². The minimum Gasteiger partial charge on any atom is -0.497 e. The van der Waals surface area contributed by atoms with Crippen LogP contribution in [0.5, 0.6) is 5.75 Å². The molecule has 0 radical (unpaired) electrons. The highest BCUT2D eigenvalue weighted by Gasteiger charge is 2.16. The Morgan fingerprint density at radius 1 is 0.815 bits per heavy atom. The fraction of sp³-hybridized carbons (Fsp3) is 0.0435. The molecule has 0 spiro atoms. The second-order valence-electron chi connectivity index (χ2n) is 6.38. The van der Waals surface area contributed by atoms with Gasteiger partial charge in [0.2, 0.25) is 0 Å². The van der Waals surface area contributed by atoms with E-state index >= 15 is 0 Å². The van der Waals surface area contributed by atoms with Gasteiger partial charge in [0, 0.05) is 16.3 Å². The van der Waals surface area contributed by atoms with Gasteiger partial charge in [-0.1, -0.05) is 48.5 Å². The zero-order valence-electron chi connectivity index (χ0n) is 14.8. The molecule has 0 amide bonds. The highest BCUT2D eigenvalue weighted by atomic mass is 16.5. The van der Waals surface area contributed by atoms with Crippen LogP contribution in [-0.2, 0) is 0 Å². The van der Waals surface area contributed by atoms with E-state index in [9.17, 15) is 0 Å². The molecule has 130 valence electrons. The third kappa shape index (κ3) is 2.62. The van der Waals surface area contributed by atoms with E-state index < -0.39 is 0 Å². The maximum Gasteiger partial charge on any atom is 0.164 e. The number of rotatable bonds is 3. The van der Waals surface area contributed by atoms with Crippen LogP contribution in [0, 0.1) is 0 Å². The molecule has 0 unspecified atom stereocenters. The van der Waals surface area contributed by atoms with Crippen molar-refractivity contribution in [2.24, 2.45) is 0 Å². The molecule has 3 aromatic carbocycles. The maximum atomic E-state index is 5.28. The number of pyridine rings is 1. The average Bonchev–Trinajstić information content (AvgIpc) is 3.11. The first-order chi connectivity index (χ1) is 13.3. The molecule has 2 heterocycles. The Balaban J connectivity index is 1.82. The lowest BCUT2D eigenvalue weighted by Crippen LogP contribution is -1.98. The third-order valence-corrected chi connectivity index (χ3v) is 4.72. The van der Waals surface area contributed by atoms with Gasteiger partial charge in [-0.15, -0.1) is 0 Å². The summed E-state index contributed by atoms with van der Waals surface area (Å²) in [7, 11) is 1.67. The highest BCUT2D eigenvalue weighted by Crippen LogP contribution is 2.31. The Labute approximate surface area is 156 Å². The van der Waals surface area contributed by atoms with E-state index in [0.717, 1.165) is 44.6 Å². The summed E-state index contributed by atoms with van der Waals surface area (Å²) in [4.78, 5) is 4.91. The van der Waals surface area contributed by atoms with Crippen LogP contribution in [-0.4, -0.2) is 21.9 Å². The standard InChI is InChI=1S/C23H17N3O/c1-27-19-13-11-18(12-14-19)26-23-20(15-17-9-5-6-10-21(17)24-23)22(25-26)16-7-3-2-4-8-16/h2-15H,1H3. The second kappa shape index (κ2) is 6.25. The number of aromatic nitrogens is 3. The topological polar surface area (TPSA) is 39.9 Å². The summed E-state index contributed by atoms with van der Waals surface area (Å²) in [6, 6.07) is 28.4. The summed E-state index contributed by atoms with van der Waals surface area (Å²) < 4.78 is 7.19. The van der Waals surface area contributed by atoms with Crippen molar-refractivity contribution in [1.29, 1.82) is 0 Å². The van der Waals surface area contributed by atoms with Crippen LogP contribution in [0.1, 0.15) is 0 Å². The lowest BCUT2D eigenvalue weighted by Gasteiger charge is -2.05. The SMILES string of the molecule is COc1ccc(-n2nc(-c3ccccc3)c3cc4ccccc4nc32)cc1. The monoisotopic (exact) mass is 351 g/mol. The molecule has 4 nitrogen and oxygen atoms in total. The zero-order chi connectivity index (χ0) is 18.2. The number of nitrogens with zero attached hydrogens (tertiary/aromatic N) is 3. The van der Waals surface area contributed by atoms with Crippen LogP contribution in [0.15, 0.2) is 84.9 Å². The number of methoxy groups -OCH3 is 1. The van der Waals surface area contributed by atoms with Gasteiger partial charge in [-0.05, 0) is 36.4 Å². The Kier molecular flexibility index (Phi) is 3.61. The maximum absolute atomic E-state index is 5.28. The van der Waals surface area contributed by atoms with Gasteiger partial charge in [0.05, 0.1) is 18.3 Å². The van der Waals surface area contributed by atoms with Gasteiger partial charge in [0.1, 0.15) is 11.4 Å². The first-order valence-corrected chi connectivity index (χ1v) is 8.82. The molecule has 4 heteroatoms. The molecule has 27 heavy (non-hydrogen) atoms. The number of benzene rings is 3. The van der Waals surface area contributed by atoms with E-state index in [-0.39, 0.29) is 0 Å². The van der Waals surface area contributed by atoms with E-state index in [4.69, 9.17) is 14.8 Å². The first-order valence-electron chi connectivity index (χ1n) is 8.82. The summed E-state index contributed by atoms with van der Waals surface area (Å²) in [6.45, 7) is 0. The van der Waals surface area contributed by atoms with Crippen molar-refractivity contribution >= 4 is 21.9 Å². The molecule has 0 atom stereocenters. The largest absolute Gasteiger partial charge is 0.497 e. The molecule has 0 saturated heterocycles. The molecule has 0 aliphatic heterocycles. The molecule has 0 saturated carbocycles. The van der Waals surface area contributed by atoms with Crippen LogP contribution < -0.4 is 4.74 Å². The molecule has 0 fully saturated rings. The minimum atomic E-state index is 0.817. The van der Waals surface area contributed by atoms with E-state index in [1.807, 2.05) is 65.3 Å². The minimum absolute atomic E-state index is 0.817. The Hall–Kier alpha value is -3.66. The molecule has 0 N–H and O–H groups in total. The molecular formula is C23H17N3O. The Morgan fingerprint density at radius 3 is 2.33 bits per heavy atom. The fourth-order valence-electron chi connectivity index (χ4n) is 3.36. The molecule has 0 aliphatic carbocycles. The first kappa shape index (κ1) is 15.6. The van der Waals surface area contributed by atoms with Gasteiger partial charge in [-0.3, -0.25) is 0 Å². The van der Waals surface area contributed by atoms with Gasteiger partial charge >= 0.3 is 0 Å². The summed E-state index contributed by atoms with van der Waals surface area (Å²) in [5, 5.41) is 7.07. The zero-order valence-corrected chi connectivity index (χ0v) is 14.8. The quantitative estimate of drug-likeness (QED) is 0.446. The van der Waals surface area contributed by atoms with Crippen LogP contribution in [0.25, 0.3) is 38.9 Å². The number of ether oxygens (including phenoxy) is 1. The van der Waals surface area contributed by atoms with Gasteiger partial charge in [-0.25, -0.2) is 9.67 Å². The van der Waals surface area contributed by atoms with E-state index in [1.165, 1.54) is 0 Å². The summed E-state index contributed by atoms with van der Waals surface area (Å²) in [6.07, 6.45) is 0. The van der Waals surface area contributed by atoms with E-state index in [2.05, 4.69) is 24.3 Å². The van der Waals surface area contributed by atoms with Crippen molar-refractivity contribution in [2.45, 2.75) is 0 Å². The number of para-hydroxylation sites is 1. The summed E-state index contributed by atoms with van der Waals surface area (Å²) >= 11 is 0. The van der Waals surface area contributed by atoms with Crippen molar-refractivity contribution in [3.05, 3.63) is 84.9 Å². The fourth-order valence-corrected chi connectivity index (χ4v) is 3.36. The van der Waals surface area contributed by atoms with Gasteiger partial charge < -0.3 is 4.74 Å². The molecule has 0 aliphatic rings. The van der Waals surface area contributed by atoms with Crippen LogP contribution in [0.2, 0.25) is 0 Å². The molecule has 0 bridgehead atoms. The average molecular weight is 351 g/mol. The summed E-state index contributed by atoms with van der Waals surface area (Å²) in [5.41, 5.74) is 4.76. The van der Waals surface area contributed by atoms with Crippen molar-refractivity contribution < 1.29 is 4.74 Å². The van der Waals surface area contributed by atoms with Crippen molar-refractivity contribution in [2.75, 3.05) is 7.11 Å². The normalized spacial score (nSPS) is 11.1. The smallest absolute Gasteiger partial charge is 0.164 e. The van der Waals surface area contributed by atoms with Gasteiger partial charge in [-0.2, -0.15) is 5.10 Å².